The summed E-state index contributed by atoms with van der Waals surface area (Å²) in [7, 11) is -2.02. The van der Waals surface area contributed by atoms with Crippen LogP contribution in [0, 0.1) is 0 Å². The van der Waals surface area contributed by atoms with Crippen LogP contribution in [0.2, 0.25) is 0 Å². The zero-order valence-electron chi connectivity index (χ0n) is 20.1. The van der Waals surface area contributed by atoms with Crippen molar-refractivity contribution in [2.45, 2.75) is 37.6 Å². The number of aromatic nitrogens is 2. The van der Waals surface area contributed by atoms with Crippen LogP contribution in [0.15, 0.2) is 60.9 Å². The first-order valence-corrected chi connectivity index (χ1v) is 14.1. The number of methoxy groups -OCH3 is 1. The highest BCUT2D eigenvalue weighted by atomic mass is 32.2. The van der Waals surface area contributed by atoms with Crippen LogP contribution in [0.5, 0.6) is 5.75 Å². The average molecular weight is 528 g/mol. The van der Waals surface area contributed by atoms with Crippen LogP contribution in [0.1, 0.15) is 36.3 Å². The molecule has 3 atom stereocenters. The van der Waals surface area contributed by atoms with Gasteiger partial charge in [-0.2, -0.15) is 0 Å². The Labute approximate surface area is 216 Å². The molecule has 0 aliphatic carbocycles. The van der Waals surface area contributed by atoms with Gasteiger partial charge in [0.25, 0.3) is 0 Å². The monoisotopic (exact) mass is 527 g/mol. The van der Waals surface area contributed by atoms with Gasteiger partial charge in [-0.3, -0.25) is 9.71 Å². The number of rotatable bonds is 8. The van der Waals surface area contributed by atoms with E-state index in [1.165, 1.54) is 7.11 Å². The molecule has 2 fully saturated rings. The van der Waals surface area contributed by atoms with Crippen LogP contribution in [0.3, 0.4) is 0 Å². The fourth-order valence-corrected chi connectivity index (χ4v) is 5.83. The molecule has 5 rings (SSSR count). The molecule has 0 amide bonds. The molecule has 2 N–H and O–H groups in total. The van der Waals surface area contributed by atoms with E-state index in [4.69, 9.17) is 21.7 Å². The van der Waals surface area contributed by atoms with E-state index < -0.39 is 10.0 Å². The van der Waals surface area contributed by atoms with Gasteiger partial charge < -0.3 is 24.3 Å². The Balaban J connectivity index is 1.59. The van der Waals surface area contributed by atoms with Gasteiger partial charge in [-0.1, -0.05) is 6.07 Å². The number of hydrogen-bond donors (Lipinski definition) is 2. The Hall–Kier alpha value is -3.15. The minimum absolute atomic E-state index is 0.172. The molecular weight excluding hydrogens is 498 g/mol. The summed E-state index contributed by atoms with van der Waals surface area (Å²) in [4.78, 5) is 6.63. The number of nitrogens with zero attached hydrogens (tertiary/aromatic N) is 3. The molecule has 190 valence electrons. The summed E-state index contributed by atoms with van der Waals surface area (Å²) in [5.74, 6) is 0.418. The molecule has 2 aliphatic rings. The fraction of sp³-hybridized carbons (Fsp3) is 0.360. The van der Waals surface area contributed by atoms with E-state index in [2.05, 4.69) is 31.9 Å². The van der Waals surface area contributed by atoms with E-state index in [-0.39, 0.29) is 18.2 Å². The number of hydrogen-bond acceptors (Lipinski definition) is 6. The first-order valence-electron chi connectivity index (χ1n) is 11.8. The molecule has 0 bridgehead atoms. The Kier molecular flexibility index (Phi) is 6.87. The van der Waals surface area contributed by atoms with Gasteiger partial charge in [0, 0.05) is 36.9 Å². The molecule has 3 aromatic rings. The van der Waals surface area contributed by atoms with Crippen LogP contribution in [-0.2, 0) is 21.3 Å². The number of benzene rings is 1. The number of ether oxygens (including phenoxy) is 2. The zero-order valence-corrected chi connectivity index (χ0v) is 21.8. The zero-order chi connectivity index (χ0) is 25.3. The van der Waals surface area contributed by atoms with Gasteiger partial charge in [0.2, 0.25) is 10.0 Å². The second kappa shape index (κ2) is 10.1. The van der Waals surface area contributed by atoms with Crippen LogP contribution in [0.4, 0.5) is 11.4 Å². The summed E-state index contributed by atoms with van der Waals surface area (Å²) in [6, 6.07) is 14.9. The summed E-state index contributed by atoms with van der Waals surface area (Å²) >= 11 is 5.83. The minimum atomic E-state index is -3.52. The highest BCUT2D eigenvalue weighted by Crippen LogP contribution is 2.43. The summed E-state index contributed by atoms with van der Waals surface area (Å²) in [6.07, 6.45) is 7.22. The standard InChI is InChI=1S/C25H29N5O4S2/c1-33-22-11-10-17(15-20(22)28-36(2,31)32)30-24(23(27-25(30)35)19-8-3-4-12-26-19)21-9-5-13-29(21)16-18-7-6-14-34-18/h3-5,8-13,15,18,23-24,28H,6-7,14,16H2,1-2H3,(H,27,35). The average Bonchev–Trinajstić information content (AvgIpc) is 3.59. The summed E-state index contributed by atoms with van der Waals surface area (Å²) < 4.78 is 40.1. The molecule has 36 heavy (non-hydrogen) atoms. The molecule has 3 unspecified atom stereocenters. The van der Waals surface area contributed by atoms with Crippen molar-refractivity contribution in [1.82, 2.24) is 14.9 Å². The van der Waals surface area contributed by atoms with Crippen LogP contribution in [0.25, 0.3) is 0 Å². The van der Waals surface area contributed by atoms with Gasteiger partial charge in [-0.05, 0) is 67.5 Å². The molecule has 11 heteroatoms. The quantitative estimate of drug-likeness (QED) is 0.429. The molecule has 2 aliphatic heterocycles. The van der Waals surface area contributed by atoms with E-state index >= 15 is 0 Å². The molecule has 0 spiro atoms. The molecule has 1 aromatic carbocycles. The summed E-state index contributed by atoms with van der Waals surface area (Å²) in [6.45, 7) is 1.54. The number of thiocarbonyl (C=S) groups is 1. The molecule has 0 radical (unpaired) electrons. The van der Waals surface area contributed by atoms with Gasteiger partial charge >= 0.3 is 0 Å². The van der Waals surface area contributed by atoms with Crippen molar-refractivity contribution < 1.29 is 17.9 Å². The Morgan fingerprint density at radius 2 is 2.11 bits per heavy atom. The van der Waals surface area contributed by atoms with E-state index in [1.807, 2.05) is 35.2 Å². The summed E-state index contributed by atoms with van der Waals surface area (Å²) in [5.41, 5.74) is 2.99. The number of sulfonamides is 1. The predicted molar refractivity (Wildman–Crippen MR) is 143 cm³/mol. The molecule has 9 nitrogen and oxygen atoms in total. The molecule has 0 saturated carbocycles. The highest BCUT2D eigenvalue weighted by Gasteiger charge is 2.42. The lowest BCUT2D eigenvalue weighted by Crippen LogP contribution is -2.31. The third-order valence-corrected chi connectivity index (χ3v) is 7.35. The van der Waals surface area contributed by atoms with Crippen molar-refractivity contribution in [3.63, 3.8) is 0 Å². The molecule has 4 heterocycles. The molecular formula is C25H29N5O4S2. The third kappa shape index (κ3) is 5.04. The van der Waals surface area contributed by atoms with Crippen molar-refractivity contribution in [3.05, 3.63) is 72.3 Å². The first kappa shape index (κ1) is 24.5. The van der Waals surface area contributed by atoms with Crippen LogP contribution < -0.4 is 19.7 Å². The maximum absolute atomic E-state index is 12.0. The van der Waals surface area contributed by atoms with E-state index in [0.717, 1.165) is 49.3 Å². The first-order chi connectivity index (χ1) is 17.3. The van der Waals surface area contributed by atoms with Gasteiger partial charge in [-0.25, -0.2) is 8.42 Å². The predicted octanol–water partition coefficient (Wildman–Crippen LogP) is 3.62. The lowest BCUT2D eigenvalue weighted by Gasteiger charge is -2.30. The van der Waals surface area contributed by atoms with Crippen molar-refractivity contribution in [1.29, 1.82) is 0 Å². The third-order valence-electron chi connectivity index (χ3n) is 6.45. The smallest absolute Gasteiger partial charge is 0.229 e. The van der Waals surface area contributed by atoms with Crippen molar-refractivity contribution >= 4 is 38.7 Å². The number of nitrogens with one attached hydrogen (secondary N) is 2. The van der Waals surface area contributed by atoms with Crippen LogP contribution >= 0.6 is 12.2 Å². The topological polar surface area (TPSA) is 97.7 Å². The van der Waals surface area contributed by atoms with Gasteiger partial charge in [0.15, 0.2) is 5.11 Å². The molecule has 2 aromatic heterocycles. The second-order valence-electron chi connectivity index (χ2n) is 8.98. The maximum Gasteiger partial charge on any atom is 0.229 e. The maximum atomic E-state index is 12.0. The lowest BCUT2D eigenvalue weighted by molar-refractivity contribution is 0.0961. The Bertz CT molecular complexity index is 1340. The van der Waals surface area contributed by atoms with E-state index in [9.17, 15) is 8.42 Å². The highest BCUT2D eigenvalue weighted by molar-refractivity contribution is 7.92. The van der Waals surface area contributed by atoms with Gasteiger partial charge in [0.1, 0.15) is 11.8 Å². The van der Waals surface area contributed by atoms with Crippen molar-refractivity contribution in [2.24, 2.45) is 0 Å². The number of anilines is 2. The molecule has 2 saturated heterocycles. The van der Waals surface area contributed by atoms with Crippen molar-refractivity contribution in [2.75, 3.05) is 29.6 Å². The Morgan fingerprint density at radius 3 is 2.81 bits per heavy atom. The Morgan fingerprint density at radius 1 is 1.25 bits per heavy atom. The van der Waals surface area contributed by atoms with E-state index in [0.29, 0.717) is 16.5 Å². The van der Waals surface area contributed by atoms with Gasteiger partial charge in [-0.15, -0.1) is 0 Å². The number of pyridine rings is 1. The lowest BCUT2D eigenvalue weighted by atomic mass is 10.0. The normalized spacial score (nSPS) is 22.0. The van der Waals surface area contributed by atoms with Gasteiger partial charge in [0.05, 0.1) is 36.9 Å². The van der Waals surface area contributed by atoms with Crippen molar-refractivity contribution in [3.8, 4) is 5.75 Å². The SMILES string of the molecule is COc1ccc(N2C(=S)NC(c3ccccn3)C2c2cccn2CC2CCCO2)cc1NS(C)(=O)=O. The van der Waals surface area contributed by atoms with Crippen LogP contribution in [-0.4, -0.2) is 49.2 Å². The van der Waals surface area contributed by atoms with E-state index in [1.54, 1.807) is 18.3 Å². The summed E-state index contributed by atoms with van der Waals surface area (Å²) in [5, 5.41) is 3.98. The second-order valence-corrected chi connectivity index (χ2v) is 11.1. The fourth-order valence-electron chi connectivity index (χ4n) is 4.93. The minimum Gasteiger partial charge on any atom is -0.495 e. The largest absolute Gasteiger partial charge is 0.495 e.